The zero-order valence-electron chi connectivity index (χ0n) is 10.3. The summed E-state index contributed by atoms with van der Waals surface area (Å²) in [6.45, 7) is 4.23. The van der Waals surface area contributed by atoms with Crippen molar-refractivity contribution in [2.45, 2.75) is 6.42 Å². The minimum absolute atomic E-state index is 0. The molecule has 1 aromatic carbocycles. The number of hydrogen-bond acceptors (Lipinski definition) is 3. The van der Waals surface area contributed by atoms with Gasteiger partial charge in [0.25, 0.3) is 0 Å². The van der Waals surface area contributed by atoms with Gasteiger partial charge in [0.1, 0.15) is 6.61 Å². The molecule has 102 valence electrons. The molecule has 1 saturated heterocycles. The first-order chi connectivity index (χ1) is 8.29. The van der Waals surface area contributed by atoms with Gasteiger partial charge in [0.2, 0.25) is 0 Å². The van der Waals surface area contributed by atoms with E-state index in [1.807, 2.05) is 0 Å². The third-order valence-electron chi connectivity index (χ3n) is 3.21. The maximum absolute atomic E-state index is 13.3. The van der Waals surface area contributed by atoms with Gasteiger partial charge in [-0.15, -0.1) is 12.4 Å². The highest BCUT2D eigenvalue weighted by Crippen LogP contribution is 2.17. The third-order valence-corrected chi connectivity index (χ3v) is 3.21. The highest BCUT2D eigenvalue weighted by molar-refractivity contribution is 5.85. The Labute approximate surface area is 114 Å². The van der Waals surface area contributed by atoms with Crippen molar-refractivity contribution < 1.29 is 9.13 Å². The Balaban J connectivity index is 0.00000162. The zero-order valence-corrected chi connectivity index (χ0v) is 11.2. The molecule has 0 spiro atoms. The fraction of sp³-hybridized carbons (Fsp3) is 0.538. The summed E-state index contributed by atoms with van der Waals surface area (Å²) in [5, 5.41) is 0. The predicted molar refractivity (Wildman–Crippen MR) is 72.7 cm³/mol. The van der Waals surface area contributed by atoms with Gasteiger partial charge in [-0.05, 0) is 37.6 Å². The summed E-state index contributed by atoms with van der Waals surface area (Å²) in [7, 11) is 0. The number of ether oxygens (including phenoxy) is 1. The second-order valence-electron chi connectivity index (χ2n) is 4.47. The predicted octanol–water partition coefficient (Wildman–Crippen LogP) is 1.91. The van der Waals surface area contributed by atoms with Crippen LogP contribution in [0, 0.1) is 11.7 Å². The van der Waals surface area contributed by atoms with Crippen LogP contribution in [0.2, 0.25) is 0 Å². The quantitative estimate of drug-likeness (QED) is 0.891. The lowest BCUT2D eigenvalue weighted by molar-refractivity contribution is 0.227. The second-order valence-corrected chi connectivity index (χ2v) is 4.47. The van der Waals surface area contributed by atoms with Crippen LogP contribution in [0.3, 0.4) is 0 Å². The van der Waals surface area contributed by atoms with Crippen molar-refractivity contribution in [3.8, 4) is 5.75 Å². The number of para-hydroxylation sites is 1. The molecule has 1 aromatic rings. The molecule has 0 saturated carbocycles. The van der Waals surface area contributed by atoms with Gasteiger partial charge >= 0.3 is 0 Å². The molecule has 1 atom stereocenters. The van der Waals surface area contributed by atoms with Crippen LogP contribution >= 0.6 is 12.4 Å². The first-order valence-corrected chi connectivity index (χ1v) is 6.09. The van der Waals surface area contributed by atoms with E-state index >= 15 is 0 Å². The molecule has 1 unspecified atom stereocenters. The van der Waals surface area contributed by atoms with Crippen molar-refractivity contribution in [3.05, 3.63) is 30.1 Å². The van der Waals surface area contributed by atoms with Crippen molar-refractivity contribution in [2.24, 2.45) is 11.7 Å². The number of nitrogens with zero attached hydrogens (tertiary/aromatic N) is 1. The lowest BCUT2D eigenvalue weighted by Gasteiger charge is -2.16. The van der Waals surface area contributed by atoms with Gasteiger partial charge in [-0.1, -0.05) is 12.1 Å². The van der Waals surface area contributed by atoms with Gasteiger partial charge < -0.3 is 10.5 Å². The van der Waals surface area contributed by atoms with E-state index in [-0.39, 0.29) is 18.2 Å². The Hall–Kier alpha value is -0.840. The molecule has 3 nitrogen and oxygen atoms in total. The van der Waals surface area contributed by atoms with Crippen molar-refractivity contribution in [1.82, 2.24) is 4.90 Å². The molecular weight excluding hydrogens is 255 g/mol. The molecule has 0 aliphatic carbocycles. The number of halogens is 2. The molecular formula is C13H20ClFN2O. The number of likely N-dealkylation sites (tertiary alicyclic amines) is 1. The molecule has 2 rings (SSSR count). The standard InChI is InChI=1S/C13H19FN2O.ClH/c14-12-3-1-2-4-13(12)17-8-7-16-6-5-11(9-15)10-16;/h1-4,11H,5-10,15H2;1H. The average molecular weight is 275 g/mol. The molecule has 0 aromatic heterocycles. The van der Waals surface area contributed by atoms with E-state index in [9.17, 15) is 4.39 Å². The zero-order chi connectivity index (χ0) is 12.1. The van der Waals surface area contributed by atoms with E-state index in [0.29, 0.717) is 18.3 Å². The van der Waals surface area contributed by atoms with Crippen LogP contribution in [0.25, 0.3) is 0 Å². The molecule has 1 aliphatic heterocycles. The van der Waals surface area contributed by atoms with Crippen LogP contribution in [0.4, 0.5) is 4.39 Å². The fourth-order valence-electron chi connectivity index (χ4n) is 2.15. The molecule has 1 fully saturated rings. The highest BCUT2D eigenvalue weighted by atomic mass is 35.5. The molecule has 5 heteroatoms. The molecule has 0 amide bonds. The van der Waals surface area contributed by atoms with Crippen LogP contribution in [0.1, 0.15) is 6.42 Å². The van der Waals surface area contributed by atoms with Gasteiger partial charge in [-0.2, -0.15) is 0 Å². The van der Waals surface area contributed by atoms with E-state index in [4.69, 9.17) is 10.5 Å². The minimum atomic E-state index is -0.297. The van der Waals surface area contributed by atoms with Gasteiger partial charge in [-0.3, -0.25) is 4.90 Å². The third kappa shape index (κ3) is 4.12. The maximum Gasteiger partial charge on any atom is 0.165 e. The van der Waals surface area contributed by atoms with Gasteiger partial charge in [0.15, 0.2) is 11.6 Å². The van der Waals surface area contributed by atoms with Crippen LogP contribution in [-0.2, 0) is 0 Å². The summed E-state index contributed by atoms with van der Waals surface area (Å²) < 4.78 is 18.7. The Bertz CT molecular complexity index is 365. The van der Waals surface area contributed by atoms with Crippen molar-refractivity contribution in [3.63, 3.8) is 0 Å². The Morgan fingerprint density at radius 1 is 1.39 bits per heavy atom. The van der Waals surface area contributed by atoms with E-state index < -0.39 is 0 Å². The van der Waals surface area contributed by atoms with Gasteiger partial charge in [0.05, 0.1) is 0 Å². The summed E-state index contributed by atoms with van der Waals surface area (Å²) >= 11 is 0. The first kappa shape index (κ1) is 15.2. The number of benzene rings is 1. The molecule has 0 bridgehead atoms. The SMILES string of the molecule is Cl.NCC1CCN(CCOc2ccccc2F)C1. The number of nitrogens with two attached hydrogens (primary N) is 1. The van der Waals surface area contributed by atoms with Gasteiger partial charge in [0, 0.05) is 13.1 Å². The van der Waals surface area contributed by atoms with Gasteiger partial charge in [-0.25, -0.2) is 4.39 Å². The Kier molecular flexibility index (Phi) is 6.39. The average Bonchev–Trinajstić information content (AvgIpc) is 2.80. The van der Waals surface area contributed by atoms with Crippen LogP contribution < -0.4 is 10.5 Å². The Morgan fingerprint density at radius 3 is 2.83 bits per heavy atom. The fourth-order valence-corrected chi connectivity index (χ4v) is 2.15. The number of hydrogen-bond donors (Lipinski definition) is 1. The minimum Gasteiger partial charge on any atom is -0.489 e. The first-order valence-electron chi connectivity index (χ1n) is 6.09. The van der Waals surface area contributed by atoms with Crippen LogP contribution in [0.5, 0.6) is 5.75 Å². The topological polar surface area (TPSA) is 38.5 Å². The summed E-state index contributed by atoms with van der Waals surface area (Å²) in [4.78, 5) is 2.32. The lowest BCUT2D eigenvalue weighted by atomic mass is 10.1. The van der Waals surface area contributed by atoms with Crippen molar-refractivity contribution in [2.75, 3.05) is 32.8 Å². The summed E-state index contributed by atoms with van der Waals surface area (Å²) in [5.41, 5.74) is 5.63. The van der Waals surface area contributed by atoms with E-state index in [2.05, 4.69) is 4.90 Å². The molecule has 1 aliphatic rings. The largest absolute Gasteiger partial charge is 0.489 e. The van der Waals surface area contributed by atoms with Crippen molar-refractivity contribution in [1.29, 1.82) is 0 Å². The van der Waals surface area contributed by atoms with Crippen LogP contribution in [-0.4, -0.2) is 37.7 Å². The monoisotopic (exact) mass is 274 g/mol. The maximum atomic E-state index is 13.3. The Morgan fingerprint density at radius 2 is 2.17 bits per heavy atom. The molecule has 1 heterocycles. The van der Waals surface area contributed by atoms with Crippen molar-refractivity contribution >= 4 is 12.4 Å². The second kappa shape index (κ2) is 7.56. The van der Waals surface area contributed by atoms with E-state index in [1.54, 1.807) is 18.2 Å². The van der Waals surface area contributed by atoms with E-state index in [1.165, 1.54) is 6.07 Å². The summed E-state index contributed by atoms with van der Waals surface area (Å²) in [5.74, 6) is 0.652. The van der Waals surface area contributed by atoms with E-state index in [0.717, 1.165) is 32.6 Å². The summed E-state index contributed by atoms with van der Waals surface area (Å²) in [6, 6.07) is 6.50. The lowest BCUT2D eigenvalue weighted by Crippen LogP contribution is -2.27. The van der Waals surface area contributed by atoms with Crippen LogP contribution in [0.15, 0.2) is 24.3 Å². The highest BCUT2D eigenvalue weighted by Gasteiger charge is 2.20. The molecule has 18 heavy (non-hydrogen) atoms. The smallest absolute Gasteiger partial charge is 0.165 e. The molecule has 2 N–H and O–H groups in total. The summed E-state index contributed by atoms with van der Waals surface area (Å²) in [6.07, 6.45) is 1.16. The molecule has 0 radical (unpaired) electrons. The normalized spacial score (nSPS) is 19.6. The number of rotatable bonds is 5.